The van der Waals surface area contributed by atoms with Crippen molar-refractivity contribution in [3.63, 3.8) is 0 Å². The van der Waals surface area contributed by atoms with Crippen molar-refractivity contribution < 1.29 is 4.52 Å². The zero-order valence-electron chi connectivity index (χ0n) is 13.4. The molecular weight excluding hydrogens is 310 g/mol. The normalized spacial score (nSPS) is 12.7. The topological polar surface area (TPSA) is 67.9 Å². The number of thiazole rings is 1. The predicted octanol–water partition coefficient (Wildman–Crippen LogP) is 3.34. The molecule has 0 aliphatic rings. The van der Waals surface area contributed by atoms with Crippen LogP contribution in [-0.4, -0.2) is 32.1 Å². The molecule has 0 amide bonds. The van der Waals surface area contributed by atoms with Gasteiger partial charge < -0.3 is 4.52 Å². The molecule has 0 N–H and O–H groups in total. The molecule has 1 atom stereocenters. The Kier molecular flexibility index (Phi) is 4.78. The molecule has 0 bridgehead atoms. The summed E-state index contributed by atoms with van der Waals surface area (Å²) in [6.45, 7) is 4.92. The largest absolute Gasteiger partial charge is 0.337 e. The first-order valence-electron chi connectivity index (χ1n) is 7.55. The van der Waals surface area contributed by atoms with Gasteiger partial charge in [0.1, 0.15) is 0 Å². The number of pyridine rings is 1. The van der Waals surface area contributed by atoms with Crippen LogP contribution in [0.1, 0.15) is 36.5 Å². The third-order valence-electron chi connectivity index (χ3n) is 3.69. The molecule has 0 fully saturated rings. The van der Waals surface area contributed by atoms with Gasteiger partial charge in [0.15, 0.2) is 0 Å². The van der Waals surface area contributed by atoms with Gasteiger partial charge in [0, 0.05) is 29.9 Å². The minimum Gasteiger partial charge on any atom is -0.337 e. The average Bonchev–Trinajstić information content (AvgIpc) is 3.24. The second kappa shape index (κ2) is 6.97. The first kappa shape index (κ1) is 15.8. The van der Waals surface area contributed by atoms with Gasteiger partial charge in [0.2, 0.25) is 11.7 Å². The van der Waals surface area contributed by atoms with E-state index in [2.05, 4.69) is 37.3 Å². The van der Waals surface area contributed by atoms with Crippen LogP contribution in [0.3, 0.4) is 0 Å². The van der Waals surface area contributed by atoms with E-state index in [1.54, 1.807) is 23.7 Å². The van der Waals surface area contributed by atoms with Gasteiger partial charge in [-0.05, 0) is 32.5 Å². The van der Waals surface area contributed by atoms with Crippen LogP contribution in [0.25, 0.3) is 11.4 Å². The fourth-order valence-electron chi connectivity index (χ4n) is 2.18. The molecule has 3 heterocycles. The summed E-state index contributed by atoms with van der Waals surface area (Å²) in [5.41, 5.74) is 1.93. The first-order chi connectivity index (χ1) is 11.2. The molecule has 23 heavy (non-hydrogen) atoms. The molecule has 0 aromatic carbocycles. The highest BCUT2D eigenvalue weighted by Crippen LogP contribution is 2.22. The summed E-state index contributed by atoms with van der Waals surface area (Å²) >= 11 is 1.70. The fourth-order valence-corrected chi connectivity index (χ4v) is 2.92. The van der Waals surface area contributed by atoms with Gasteiger partial charge in [0.05, 0.1) is 16.7 Å². The van der Waals surface area contributed by atoms with Crippen molar-refractivity contribution in [3.8, 4) is 11.4 Å². The molecule has 120 valence electrons. The van der Waals surface area contributed by atoms with Crippen molar-refractivity contribution in [2.24, 2.45) is 0 Å². The standard InChI is InChI=1S/C16H19N5OS/c1-4-14-18-13(10-23-14)9-21(3)11(2)16-19-15(20-22-16)12-6-5-7-17-8-12/h5-8,10-11H,4,9H2,1-3H3. The van der Waals surface area contributed by atoms with Crippen molar-refractivity contribution in [3.05, 3.63) is 46.5 Å². The molecule has 1 unspecified atom stereocenters. The Morgan fingerprint density at radius 1 is 1.35 bits per heavy atom. The van der Waals surface area contributed by atoms with E-state index in [9.17, 15) is 0 Å². The van der Waals surface area contributed by atoms with E-state index >= 15 is 0 Å². The second-order valence-corrected chi connectivity index (χ2v) is 6.32. The highest BCUT2D eigenvalue weighted by Gasteiger charge is 2.20. The maximum atomic E-state index is 5.42. The zero-order chi connectivity index (χ0) is 16.2. The Balaban J connectivity index is 1.70. The maximum absolute atomic E-state index is 5.42. The lowest BCUT2D eigenvalue weighted by atomic mass is 10.2. The number of rotatable bonds is 6. The molecule has 0 saturated heterocycles. The third kappa shape index (κ3) is 3.62. The molecule has 3 aromatic rings. The van der Waals surface area contributed by atoms with Crippen molar-refractivity contribution in [1.29, 1.82) is 0 Å². The number of hydrogen-bond donors (Lipinski definition) is 0. The predicted molar refractivity (Wildman–Crippen MR) is 88.9 cm³/mol. The van der Waals surface area contributed by atoms with Crippen LogP contribution < -0.4 is 0 Å². The van der Waals surface area contributed by atoms with Crippen LogP contribution in [0.4, 0.5) is 0 Å². The number of aromatic nitrogens is 4. The van der Waals surface area contributed by atoms with Crippen molar-refractivity contribution in [1.82, 2.24) is 25.0 Å². The van der Waals surface area contributed by atoms with Gasteiger partial charge in [-0.25, -0.2) is 4.98 Å². The van der Waals surface area contributed by atoms with Crippen LogP contribution in [0.5, 0.6) is 0 Å². The monoisotopic (exact) mass is 329 g/mol. The lowest BCUT2D eigenvalue weighted by molar-refractivity contribution is 0.201. The second-order valence-electron chi connectivity index (χ2n) is 5.38. The fraction of sp³-hybridized carbons (Fsp3) is 0.375. The molecule has 6 nitrogen and oxygen atoms in total. The SMILES string of the molecule is CCc1nc(CN(C)C(C)c2nc(-c3cccnc3)no2)cs1. The average molecular weight is 329 g/mol. The summed E-state index contributed by atoms with van der Waals surface area (Å²) in [4.78, 5) is 15.3. The Morgan fingerprint density at radius 3 is 2.91 bits per heavy atom. The van der Waals surface area contributed by atoms with Gasteiger partial charge >= 0.3 is 0 Å². The molecule has 0 radical (unpaired) electrons. The third-order valence-corrected chi connectivity index (χ3v) is 4.74. The van der Waals surface area contributed by atoms with E-state index in [1.807, 2.05) is 26.1 Å². The smallest absolute Gasteiger partial charge is 0.244 e. The van der Waals surface area contributed by atoms with E-state index in [-0.39, 0.29) is 6.04 Å². The van der Waals surface area contributed by atoms with Crippen LogP contribution in [0.15, 0.2) is 34.4 Å². The van der Waals surface area contributed by atoms with Crippen molar-refractivity contribution in [2.45, 2.75) is 32.9 Å². The lowest BCUT2D eigenvalue weighted by Crippen LogP contribution is -2.22. The summed E-state index contributed by atoms with van der Waals surface area (Å²) in [6.07, 6.45) is 4.42. The molecule has 3 aromatic heterocycles. The number of hydrogen-bond acceptors (Lipinski definition) is 7. The van der Waals surface area contributed by atoms with E-state index in [4.69, 9.17) is 4.52 Å². The van der Waals surface area contributed by atoms with Gasteiger partial charge in [0.25, 0.3) is 0 Å². The van der Waals surface area contributed by atoms with E-state index in [0.29, 0.717) is 11.7 Å². The highest BCUT2D eigenvalue weighted by atomic mass is 32.1. The van der Waals surface area contributed by atoms with Gasteiger partial charge in [-0.1, -0.05) is 12.1 Å². The summed E-state index contributed by atoms with van der Waals surface area (Å²) in [6, 6.07) is 3.78. The molecule has 3 rings (SSSR count). The summed E-state index contributed by atoms with van der Waals surface area (Å²) < 4.78 is 5.42. The molecule has 0 aliphatic carbocycles. The summed E-state index contributed by atoms with van der Waals surface area (Å²) in [5.74, 6) is 1.16. The highest BCUT2D eigenvalue weighted by molar-refractivity contribution is 7.09. The van der Waals surface area contributed by atoms with Gasteiger partial charge in [-0.3, -0.25) is 9.88 Å². The zero-order valence-corrected chi connectivity index (χ0v) is 14.2. The summed E-state index contributed by atoms with van der Waals surface area (Å²) in [5, 5.41) is 7.32. The summed E-state index contributed by atoms with van der Waals surface area (Å²) in [7, 11) is 2.03. The molecule has 0 aliphatic heterocycles. The van der Waals surface area contributed by atoms with E-state index in [0.717, 1.165) is 29.2 Å². The minimum absolute atomic E-state index is 0.0136. The minimum atomic E-state index is 0.0136. The van der Waals surface area contributed by atoms with Crippen molar-refractivity contribution in [2.75, 3.05) is 7.05 Å². The quantitative estimate of drug-likeness (QED) is 0.691. The van der Waals surface area contributed by atoms with Crippen molar-refractivity contribution >= 4 is 11.3 Å². The number of nitrogens with zero attached hydrogens (tertiary/aromatic N) is 5. The Bertz CT molecular complexity index is 755. The van der Waals surface area contributed by atoms with Crippen LogP contribution in [0, 0.1) is 0 Å². The molecule has 0 saturated carbocycles. The van der Waals surface area contributed by atoms with E-state index < -0.39 is 0 Å². The lowest BCUT2D eigenvalue weighted by Gasteiger charge is -2.20. The molecular formula is C16H19N5OS. The molecule has 0 spiro atoms. The van der Waals surface area contributed by atoms with Crippen LogP contribution in [-0.2, 0) is 13.0 Å². The van der Waals surface area contributed by atoms with E-state index in [1.165, 1.54) is 0 Å². The Labute approximate surface area is 139 Å². The first-order valence-corrected chi connectivity index (χ1v) is 8.43. The van der Waals surface area contributed by atoms with Crippen LogP contribution >= 0.6 is 11.3 Å². The van der Waals surface area contributed by atoms with Gasteiger partial charge in [-0.15, -0.1) is 11.3 Å². The van der Waals surface area contributed by atoms with Crippen LogP contribution in [0.2, 0.25) is 0 Å². The number of aryl methyl sites for hydroxylation is 1. The molecule has 7 heteroatoms. The van der Waals surface area contributed by atoms with Gasteiger partial charge in [-0.2, -0.15) is 4.98 Å². The Hall–Kier alpha value is -2.12. The Morgan fingerprint density at radius 2 is 2.22 bits per heavy atom. The maximum Gasteiger partial charge on any atom is 0.244 e.